The lowest BCUT2D eigenvalue weighted by atomic mass is 9.85. The molecule has 0 bridgehead atoms. The van der Waals surface area contributed by atoms with Gasteiger partial charge in [-0.3, -0.25) is 4.98 Å². The van der Waals surface area contributed by atoms with E-state index < -0.39 is 5.60 Å². The number of nitrogens with zero attached hydrogens (tertiary/aromatic N) is 2. The molecule has 2 N–H and O–H groups in total. The monoisotopic (exact) mass is 371 g/mol. The Labute approximate surface area is 158 Å². The Bertz CT molecular complexity index is 731. The first-order valence-electron chi connectivity index (χ1n) is 9.03. The van der Waals surface area contributed by atoms with E-state index in [0.717, 1.165) is 28.3 Å². The molecule has 0 aliphatic carbocycles. The highest BCUT2D eigenvalue weighted by Gasteiger charge is 2.35. The molecule has 1 aliphatic rings. The van der Waals surface area contributed by atoms with Gasteiger partial charge in [-0.25, -0.2) is 4.79 Å². The Morgan fingerprint density at radius 2 is 2.04 bits per heavy atom. The van der Waals surface area contributed by atoms with E-state index in [1.807, 2.05) is 36.4 Å². The molecule has 0 unspecified atom stereocenters. The molecule has 1 aromatic heterocycles. The van der Waals surface area contributed by atoms with E-state index in [1.54, 1.807) is 29.1 Å². The number of amides is 2. The number of urea groups is 1. The number of anilines is 1. The predicted molar refractivity (Wildman–Crippen MR) is 105 cm³/mol. The highest BCUT2D eigenvalue weighted by atomic mass is 32.2. The van der Waals surface area contributed by atoms with E-state index in [2.05, 4.69) is 17.2 Å². The molecule has 1 aromatic carbocycles. The van der Waals surface area contributed by atoms with Crippen molar-refractivity contribution in [3.05, 3.63) is 54.4 Å². The molecule has 5 nitrogen and oxygen atoms in total. The van der Waals surface area contributed by atoms with E-state index in [9.17, 15) is 9.90 Å². The number of aliphatic hydroxyl groups is 1. The van der Waals surface area contributed by atoms with Gasteiger partial charge in [-0.05, 0) is 43.2 Å². The van der Waals surface area contributed by atoms with Crippen LogP contribution < -0.4 is 5.32 Å². The predicted octanol–water partition coefficient (Wildman–Crippen LogP) is 4.10. The lowest BCUT2D eigenvalue weighted by Crippen LogP contribution is -2.46. The number of hydrogen-bond donors (Lipinski definition) is 2. The van der Waals surface area contributed by atoms with Crippen molar-refractivity contribution in [2.24, 2.45) is 0 Å². The number of thioether (sulfide) groups is 1. The van der Waals surface area contributed by atoms with Gasteiger partial charge in [0, 0.05) is 35.9 Å². The molecule has 1 saturated heterocycles. The number of benzene rings is 1. The van der Waals surface area contributed by atoms with Crippen molar-refractivity contribution in [1.82, 2.24) is 9.88 Å². The summed E-state index contributed by atoms with van der Waals surface area (Å²) >= 11 is 1.75. The first-order valence-corrected chi connectivity index (χ1v) is 10.0. The summed E-state index contributed by atoms with van der Waals surface area (Å²) in [5.41, 5.74) is 0.769. The third-order valence-corrected chi connectivity index (χ3v) is 5.95. The molecule has 0 spiro atoms. The van der Waals surface area contributed by atoms with Gasteiger partial charge in [0.1, 0.15) is 0 Å². The molecule has 6 heteroatoms. The lowest BCUT2D eigenvalue weighted by molar-refractivity contribution is -0.0159. The first-order chi connectivity index (χ1) is 12.6. The average molecular weight is 372 g/mol. The fourth-order valence-electron chi connectivity index (χ4n) is 3.11. The smallest absolute Gasteiger partial charge is 0.321 e. The van der Waals surface area contributed by atoms with Crippen molar-refractivity contribution in [3.63, 3.8) is 0 Å². The molecule has 1 aliphatic heterocycles. The molecule has 3 rings (SSSR count). The number of aromatic nitrogens is 1. The van der Waals surface area contributed by atoms with E-state index in [4.69, 9.17) is 0 Å². The van der Waals surface area contributed by atoms with Gasteiger partial charge in [0.15, 0.2) is 0 Å². The summed E-state index contributed by atoms with van der Waals surface area (Å²) in [6.45, 7) is 3.17. The van der Waals surface area contributed by atoms with Gasteiger partial charge in [0.05, 0.1) is 11.3 Å². The van der Waals surface area contributed by atoms with Crippen LogP contribution in [-0.4, -0.2) is 39.9 Å². The third kappa shape index (κ3) is 4.37. The number of rotatable bonds is 5. The highest BCUT2D eigenvalue weighted by Crippen LogP contribution is 2.33. The molecule has 2 amide bonds. The molecule has 0 saturated carbocycles. The lowest BCUT2D eigenvalue weighted by Gasteiger charge is -2.38. The van der Waals surface area contributed by atoms with Crippen molar-refractivity contribution in [1.29, 1.82) is 0 Å². The topological polar surface area (TPSA) is 65.5 Å². The summed E-state index contributed by atoms with van der Waals surface area (Å²) in [6, 6.07) is 11.5. The standard InChI is InChI=1S/C20H25N3O2S/c1-2-14-26-18-8-4-3-7-17(18)22-19(24)23-12-9-20(25,10-13-23)16-6-5-11-21-15-16/h3-8,11,15,25H,2,9-10,12-14H2,1H3,(H,22,24). The average Bonchev–Trinajstić information content (AvgIpc) is 2.68. The van der Waals surface area contributed by atoms with Crippen LogP contribution in [0.25, 0.3) is 0 Å². The van der Waals surface area contributed by atoms with Crippen LogP contribution in [0.1, 0.15) is 31.7 Å². The van der Waals surface area contributed by atoms with E-state index in [-0.39, 0.29) is 6.03 Å². The number of para-hydroxylation sites is 1. The second kappa shape index (κ2) is 8.56. The molecular formula is C20H25N3O2S. The Hall–Kier alpha value is -2.05. The largest absolute Gasteiger partial charge is 0.385 e. The van der Waals surface area contributed by atoms with E-state index in [0.29, 0.717) is 25.9 Å². The summed E-state index contributed by atoms with van der Waals surface area (Å²) in [7, 11) is 0. The Kier molecular flexibility index (Phi) is 6.16. The molecule has 2 heterocycles. The second-order valence-corrected chi connectivity index (χ2v) is 7.67. The Morgan fingerprint density at radius 1 is 1.27 bits per heavy atom. The van der Waals surface area contributed by atoms with Crippen LogP contribution in [0.3, 0.4) is 0 Å². The molecule has 0 atom stereocenters. The maximum atomic E-state index is 12.7. The van der Waals surface area contributed by atoms with Crippen molar-refractivity contribution < 1.29 is 9.90 Å². The summed E-state index contributed by atoms with van der Waals surface area (Å²) < 4.78 is 0. The van der Waals surface area contributed by atoms with Crippen LogP contribution in [0.4, 0.5) is 10.5 Å². The van der Waals surface area contributed by atoms with Crippen molar-refractivity contribution in [3.8, 4) is 0 Å². The molecule has 0 radical (unpaired) electrons. The van der Waals surface area contributed by atoms with Gasteiger partial charge < -0.3 is 15.3 Å². The summed E-state index contributed by atoms with van der Waals surface area (Å²) in [5, 5.41) is 13.9. The number of pyridine rings is 1. The van der Waals surface area contributed by atoms with Crippen LogP contribution >= 0.6 is 11.8 Å². The zero-order valence-corrected chi connectivity index (χ0v) is 15.8. The Balaban J connectivity index is 1.61. The number of carbonyl (C=O) groups is 1. The van der Waals surface area contributed by atoms with Gasteiger partial charge in [0.25, 0.3) is 0 Å². The van der Waals surface area contributed by atoms with E-state index >= 15 is 0 Å². The summed E-state index contributed by atoms with van der Waals surface area (Å²) in [6.07, 6.45) is 5.52. The fraction of sp³-hybridized carbons (Fsp3) is 0.400. The number of nitrogens with one attached hydrogen (secondary N) is 1. The van der Waals surface area contributed by atoms with Crippen LogP contribution in [-0.2, 0) is 5.60 Å². The number of piperidine rings is 1. The maximum absolute atomic E-state index is 12.7. The summed E-state index contributed by atoms with van der Waals surface area (Å²) in [4.78, 5) is 19.6. The SMILES string of the molecule is CCCSc1ccccc1NC(=O)N1CCC(O)(c2cccnc2)CC1. The minimum absolute atomic E-state index is 0.109. The van der Waals surface area contributed by atoms with Crippen molar-refractivity contribution >= 4 is 23.5 Å². The van der Waals surface area contributed by atoms with Gasteiger partial charge in [-0.1, -0.05) is 25.1 Å². The van der Waals surface area contributed by atoms with Gasteiger partial charge in [-0.15, -0.1) is 11.8 Å². The van der Waals surface area contributed by atoms with Crippen molar-refractivity contribution in [2.45, 2.75) is 36.7 Å². The van der Waals surface area contributed by atoms with Gasteiger partial charge >= 0.3 is 6.03 Å². The van der Waals surface area contributed by atoms with Crippen molar-refractivity contribution in [2.75, 3.05) is 24.2 Å². The zero-order chi connectivity index (χ0) is 18.4. The quantitative estimate of drug-likeness (QED) is 0.777. The number of carbonyl (C=O) groups excluding carboxylic acids is 1. The van der Waals surface area contributed by atoms with Crippen LogP contribution in [0.15, 0.2) is 53.7 Å². The minimum atomic E-state index is -0.903. The molecular weight excluding hydrogens is 346 g/mol. The first kappa shape index (κ1) is 18.7. The van der Waals surface area contributed by atoms with E-state index in [1.165, 1.54) is 0 Å². The molecule has 2 aromatic rings. The second-order valence-electron chi connectivity index (χ2n) is 6.54. The van der Waals surface area contributed by atoms with Gasteiger partial charge in [0.2, 0.25) is 0 Å². The van der Waals surface area contributed by atoms with Crippen LogP contribution in [0.2, 0.25) is 0 Å². The molecule has 1 fully saturated rings. The molecule has 26 heavy (non-hydrogen) atoms. The fourth-order valence-corrected chi connectivity index (χ4v) is 3.98. The number of likely N-dealkylation sites (tertiary alicyclic amines) is 1. The Morgan fingerprint density at radius 3 is 2.73 bits per heavy atom. The summed E-state index contributed by atoms with van der Waals surface area (Å²) in [5.74, 6) is 1.02. The van der Waals surface area contributed by atoms with Crippen LogP contribution in [0, 0.1) is 0 Å². The normalized spacial score (nSPS) is 16.3. The highest BCUT2D eigenvalue weighted by molar-refractivity contribution is 7.99. The number of hydrogen-bond acceptors (Lipinski definition) is 4. The van der Waals surface area contributed by atoms with Gasteiger partial charge in [-0.2, -0.15) is 0 Å². The minimum Gasteiger partial charge on any atom is -0.385 e. The maximum Gasteiger partial charge on any atom is 0.321 e. The van der Waals surface area contributed by atoms with Crippen LogP contribution in [0.5, 0.6) is 0 Å². The third-order valence-electron chi connectivity index (χ3n) is 4.67. The molecule has 138 valence electrons. The zero-order valence-electron chi connectivity index (χ0n) is 15.0.